The van der Waals surface area contributed by atoms with Gasteiger partial charge in [0, 0.05) is 18.5 Å². The molecule has 1 heterocycles. The summed E-state index contributed by atoms with van der Waals surface area (Å²) in [6.45, 7) is 1.52. The zero-order valence-electron chi connectivity index (χ0n) is 7.45. The molecule has 3 nitrogen and oxygen atoms in total. The maximum Gasteiger partial charge on any atom is 0.338 e. The Bertz CT molecular complexity index is 218. The van der Waals surface area contributed by atoms with Crippen molar-refractivity contribution < 1.29 is 14.3 Å². The number of hydrogen-bond donors (Lipinski definition) is 1. The van der Waals surface area contributed by atoms with E-state index >= 15 is 0 Å². The molecule has 4 heteroatoms. The quantitative estimate of drug-likeness (QED) is 0.713. The number of rotatable bonds is 3. The van der Waals surface area contributed by atoms with Crippen molar-refractivity contribution in [3.05, 3.63) is 0 Å². The number of halogens is 1. The third-order valence-electron chi connectivity index (χ3n) is 2.97. The van der Waals surface area contributed by atoms with Gasteiger partial charge in [0.15, 0.2) is 0 Å². The van der Waals surface area contributed by atoms with Crippen LogP contribution in [0.5, 0.6) is 0 Å². The van der Waals surface area contributed by atoms with E-state index in [9.17, 15) is 9.18 Å². The minimum atomic E-state index is -1.66. The number of likely N-dealkylation sites (tertiary alicyclic amines) is 1. The van der Waals surface area contributed by atoms with Crippen LogP contribution >= 0.6 is 0 Å². The zero-order chi connectivity index (χ0) is 9.42. The Hall–Kier alpha value is -0.640. The fourth-order valence-electron chi connectivity index (χ4n) is 2.03. The first kappa shape index (κ1) is 8.94. The van der Waals surface area contributed by atoms with Crippen molar-refractivity contribution in [1.29, 1.82) is 0 Å². The van der Waals surface area contributed by atoms with Crippen molar-refractivity contribution in [1.82, 2.24) is 4.90 Å². The summed E-state index contributed by atoms with van der Waals surface area (Å²) in [4.78, 5) is 12.6. The molecule has 0 aromatic heterocycles. The molecule has 1 N–H and O–H groups in total. The van der Waals surface area contributed by atoms with Crippen molar-refractivity contribution in [3.63, 3.8) is 0 Å². The van der Waals surface area contributed by atoms with Gasteiger partial charge in [0.05, 0.1) is 0 Å². The summed E-state index contributed by atoms with van der Waals surface area (Å²) in [7, 11) is 0. The van der Waals surface area contributed by atoms with Crippen molar-refractivity contribution in [3.8, 4) is 0 Å². The molecule has 0 aromatic carbocycles. The maximum absolute atomic E-state index is 13.1. The van der Waals surface area contributed by atoms with Gasteiger partial charge in [0.2, 0.25) is 6.17 Å². The van der Waals surface area contributed by atoms with Crippen LogP contribution in [0.3, 0.4) is 0 Å². The normalized spacial score (nSPS) is 31.9. The molecular formula is C9H14FNO2. The molecular weight excluding hydrogens is 173 g/mol. The predicted octanol–water partition coefficient (Wildman–Crippen LogP) is 0.893. The van der Waals surface area contributed by atoms with E-state index in [1.54, 1.807) is 0 Å². The van der Waals surface area contributed by atoms with Crippen LogP contribution in [0.2, 0.25) is 0 Å². The highest BCUT2D eigenvalue weighted by Gasteiger charge is 2.39. The van der Waals surface area contributed by atoms with Crippen LogP contribution < -0.4 is 0 Å². The molecule has 2 unspecified atom stereocenters. The van der Waals surface area contributed by atoms with Crippen LogP contribution in [0.4, 0.5) is 4.39 Å². The molecule has 0 amide bonds. The van der Waals surface area contributed by atoms with Gasteiger partial charge in [-0.1, -0.05) is 0 Å². The van der Waals surface area contributed by atoms with E-state index in [0.717, 1.165) is 6.54 Å². The molecule has 1 saturated carbocycles. The Morgan fingerprint density at radius 2 is 2.15 bits per heavy atom. The van der Waals surface area contributed by atoms with Crippen LogP contribution in [-0.2, 0) is 4.79 Å². The van der Waals surface area contributed by atoms with Crippen molar-refractivity contribution in [2.45, 2.75) is 31.5 Å². The number of aliphatic carboxylic acids is 1. The van der Waals surface area contributed by atoms with Crippen molar-refractivity contribution in [2.75, 3.05) is 13.1 Å². The Kier molecular flexibility index (Phi) is 2.24. The Balaban J connectivity index is 1.86. The van der Waals surface area contributed by atoms with Crippen LogP contribution in [0.1, 0.15) is 19.3 Å². The number of nitrogens with zero attached hydrogens (tertiary/aromatic N) is 1. The van der Waals surface area contributed by atoms with Crippen LogP contribution in [0.15, 0.2) is 0 Å². The van der Waals surface area contributed by atoms with Crippen LogP contribution in [-0.4, -0.2) is 41.3 Å². The lowest BCUT2D eigenvalue weighted by Crippen LogP contribution is -2.29. The van der Waals surface area contributed by atoms with E-state index < -0.39 is 12.1 Å². The average Bonchev–Trinajstić information content (AvgIpc) is 2.83. The Morgan fingerprint density at radius 1 is 1.46 bits per heavy atom. The van der Waals surface area contributed by atoms with E-state index in [1.807, 2.05) is 0 Å². The zero-order valence-corrected chi connectivity index (χ0v) is 7.45. The first-order valence-corrected chi connectivity index (χ1v) is 4.79. The first-order chi connectivity index (χ1) is 6.18. The van der Waals surface area contributed by atoms with E-state index in [-0.39, 0.29) is 5.92 Å². The maximum atomic E-state index is 13.1. The molecule has 74 valence electrons. The molecule has 2 fully saturated rings. The topological polar surface area (TPSA) is 40.5 Å². The molecule has 1 saturated heterocycles. The highest BCUT2D eigenvalue weighted by atomic mass is 19.1. The van der Waals surface area contributed by atoms with E-state index in [2.05, 4.69) is 4.90 Å². The standard InChI is InChI=1S/C9H14FNO2/c10-8(9(12)13)6-3-4-11(5-6)7-1-2-7/h6-8H,1-5H2,(H,12,13). The average molecular weight is 187 g/mol. The second-order valence-electron chi connectivity index (χ2n) is 4.01. The molecule has 2 atom stereocenters. The Morgan fingerprint density at radius 3 is 2.69 bits per heavy atom. The lowest BCUT2D eigenvalue weighted by atomic mass is 10.0. The molecule has 2 rings (SSSR count). The number of alkyl halides is 1. The molecule has 0 radical (unpaired) electrons. The molecule has 1 aliphatic heterocycles. The highest BCUT2D eigenvalue weighted by molar-refractivity contribution is 5.72. The Labute approximate surface area is 76.5 Å². The third kappa shape index (κ3) is 1.82. The van der Waals surface area contributed by atoms with Gasteiger partial charge in [-0.25, -0.2) is 9.18 Å². The third-order valence-corrected chi connectivity index (χ3v) is 2.97. The van der Waals surface area contributed by atoms with Crippen LogP contribution in [0.25, 0.3) is 0 Å². The number of hydrogen-bond acceptors (Lipinski definition) is 2. The largest absolute Gasteiger partial charge is 0.479 e. The van der Waals surface area contributed by atoms with Crippen LogP contribution in [0, 0.1) is 5.92 Å². The van der Waals surface area contributed by atoms with Gasteiger partial charge in [-0.3, -0.25) is 4.90 Å². The summed E-state index contributed by atoms with van der Waals surface area (Å²) >= 11 is 0. The summed E-state index contributed by atoms with van der Waals surface area (Å²) in [5.41, 5.74) is 0. The highest BCUT2D eigenvalue weighted by Crippen LogP contribution is 2.33. The monoisotopic (exact) mass is 187 g/mol. The number of carboxylic acids is 1. The summed E-state index contributed by atoms with van der Waals surface area (Å²) in [6, 6.07) is 0.631. The van der Waals surface area contributed by atoms with E-state index in [4.69, 9.17) is 5.11 Å². The fourth-order valence-corrected chi connectivity index (χ4v) is 2.03. The minimum absolute atomic E-state index is 0.280. The van der Waals surface area contributed by atoms with Gasteiger partial charge in [-0.15, -0.1) is 0 Å². The van der Waals surface area contributed by atoms with Crippen molar-refractivity contribution >= 4 is 5.97 Å². The van der Waals surface area contributed by atoms with Gasteiger partial charge in [0.25, 0.3) is 0 Å². The first-order valence-electron chi connectivity index (χ1n) is 4.79. The molecule has 2 aliphatic rings. The molecule has 0 bridgehead atoms. The second-order valence-corrected chi connectivity index (χ2v) is 4.01. The smallest absolute Gasteiger partial charge is 0.338 e. The SMILES string of the molecule is O=C(O)C(F)C1CCN(C2CC2)C1. The van der Waals surface area contributed by atoms with Gasteiger partial charge >= 0.3 is 5.97 Å². The number of carboxylic acid groups (broad SMARTS) is 1. The summed E-state index contributed by atoms with van der Waals surface area (Å²) < 4.78 is 13.1. The van der Waals surface area contributed by atoms with Gasteiger partial charge in [-0.05, 0) is 25.8 Å². The predicted molar refractivity (Wildman–Crippen MR) is 45.2 cm³/mol. The van der Waals surface area contributed by atoms with Crippen molar-refractivity contribution in [2.24, 2.45) is 5.92 Å². The minimum Gasteiger partial charge on any atom is -0.479 e. The van der Waals surface area contributed by atoms with Gasteiger partial charge < -0.3 is 5.11 Å². The van der Waals surface area contributed by atoms with E-state index in [1.165, 1.54) is 12.8 Å². The lowest BCUT2D eigenvalue weighted by molar-refractivity contribution is -0.144. The molecule has 0 spiro atoms. The second kappa shape index (κ2) is 3.25. The molecule has 13 heavy (non-hydrogen) atoms. The summed E-state index contributed by atoms with van der Waals surface area (Å²) in [5, 5.41) is 8.49. The molecule has 1 aliphatic carbocycles. The summed E-state index contributed by atoms with van der Waals surface area (Å²) in [5.74, 6) is -1.58. The molecule has 0 aromatic rings. The number of carbonyl (C=O) groups is 1. The van der Waals surface area contributed by atoms with Gasteiger partial charge in [-0.2, -0.15) is 0 Å². The summed E-state index contributed by atoms with van der Waals surface area (Å²) in [6.07, 6.45) is 1.45. The fraction of sp³-hybridized carbons (Fsp3) is 0.889. The van der Waals surface area contributed by atoms with Gasteiger partial charge in [0.1, 0.15) is 0 Å². The lowest BCUT2D eigenvalue weighted by Gasteiger charge is -2.15. The van der Waals surface area contributed by atoms with E-state index in [0.29, 0.717) is 19.0 Å².